The second-order valence-corrected chi connectivity index (χ2v) is 5.98. The molecule has 23 heavy (non-hydrogen) atoms. The van der Waals surface area contributed by atoms with Crippen molar-refractivity contribution in [2.45, 2.75) is 12.6 Å². The van der Waals surface area contributed by atoms with Gasteiger partial charge >= 0.3 is 0 Å². The molecule has 3 heterocycles. The molecule has 2 atom stereocenters. The molecule has 7 heteroatoms. The molecule has 0 saturated carbocycles. The van der Waals surface area contributed by atoms with Gasteiger partial charge in [0.05, 0.1) is 30.7 Å². The van der Waals surface area contributed by atoms with Gasteiger partial charge < -0.3 is 20.1 Å². The number of hydrogen-bond donors (Lipinski definition) is 2. The molecule has 2 aromatic rings. The van der Waals surface area contributed by atoms with E-state index in [0.717, 1.165) is 16.7 Å². The summed E-state index contributed by atoms with van der Waals surface area (Å²) >= 11 is 0. The number of aliphatic hydroxyl groups excluding tert-OH is 1. The molecule has 1 aromatic carbocycles. The zero-order valence-electron chi connectivity index (χ0n) is 12.6. The van der Waals surface area contributed by atoms with Gasteiger partial charge in [0.25, 0.3) is 0 Å². The van der Waals surface area contributed by atoms with Gasteiger partial charge in [-0.2, -0.15) is 0 Å². The van der Waals surface area contributed by atoms with Crippen molar-refractivity contribution in [1.29, 1.82) is 0 Å². The van der Waals surface area contributed by atoms with Crippen LogP contribution in [0.2, 0.25) is 0 Å². The third kappa shape index (κ3) is 2.62. The Labute approximate surface area is 133 Å². The lowest BCUT2D eigenvalue weighted by atomic mass is 10.1. The van der Waals surface area contributed by atoms with E-state index in [1.807, 2.05) is 24.3 Å². The third-order valence-corrected chi connectivity index (χ3v) is 4.31. The van der Waals surface area contributed by atoms with Crippen LogP contribution >= 0.6 is 0 Å². The highest BCUT2D eigenvalue weighted by atomic mass is 16.5. The number of para-hydroxylation sites is 1. The van der Waals surface area contributed by atoms with Gasteiger partial charge in [0, 0.05) is 18.5 Å². The summed E-state index contributed by atoms with van der Waals surface area (Å²) in [5, 5.41) is 13.4. The Balaban J connectivity index is 1.80. The molecule has 0 spiro atoms. The molecule has 4 rings (SSSR count). The van der Waals surface area contributed by atoms with Crippen molar-refractivity contribution in [2.24, 2.45) is 5.92 Å². The number of anilines is 1. The summed E-state index contributed by atoms with van der Waals surface area (Å²) in [6, 6.07) is 7.68. The smallest absolute Gasteiger partial charge is 0.227 e. The number of aliphatic hydroxyl groups is 1. The Morgan fingerprint density at radius 2 is 2.13 bits per heavy atom. The number of amides is 1. The molecule has 2 aliphatic rings. The summed E-state index contributed by atoms with van der Waals surface area (Å²) in [6.07, 6.45) is 0. The van der Waals surface area contributed by atoms with Crippen molar-refractivity contribution in [3.8, 4) is 0 Å². The lowest BCUT2D eigenvalue weighted by Gasteiger charge is -2.29. The van der Waals surface area contributed by atoms with E-state index >= 15 is 0 Å². The first-order valence-electron chi connectivity index (χ1n) is 7.74. The number of carbonyl (C=O) groups is 1. The summed E-state index contributed by atoms with van der Waals surface area (Å²) in [5.41, 5.74) is 0.798. The number of benzene rings is 1. The zero-order valence-corrected chi connectivity index (χ0v) is 12.6. The van der Waals surface area contributed by atoms with Crippen molar-refractivity contribution in [3.05, 3.63) is 30.1 Å². The van der Waals surface area contributed by atoms with E-state index in [0.29, 0.717) is 32.1 Å². The largest absolute Gasteiger partial charge is 0.388 e. The van der Waals surface area contributed by atoms with Gasteiger partial charge in [0.1, 0.15) is 12.4 Å². The van der Waals surface area contributed by atoms with Crippen LogP contribution in [-0.2, 0) is 16.1 Å². The second kappa shape index (κ2) is 5.75. The van der Waals surface area contributed by atoms with Crippen molar-refractivity contribution in [1.82, 2.24) is 15.3 Å². The van der Waals surface area contributed by atoms with Gasteiger partial charge in [0.2, 0.25) is 5.91 Å². The molecule has 0 unspecified atom stereocenters. The molecule has 0 radical (unpaired) electrons. The Hall–Kier alpha value is -2.25. The molecular formula is C16H18N4O3. The minimum absolute atomic E-state index is 0.0377. The van der Waals surface area contributed by atoms with Crippen LogP contribution in [0, 0.1) is 5.92 Å². The summed E-state index contributed by atoms with van der Waals surface area (Å²) in [6.45, 7) is 1.91. The maximum atomic E-state index is 12.2. The molecule has 0 aliphatic carbocycles. The Kier molecular flexibility index (Phi) is 3.59. The molecule has 1 aromatic heterocycles. The summed E-state index contributed by atoms with van der Waals surface area (Å²) in [4.78, 5) is 23.2. The SMILES string of the molecule is O=C1N[C@@H]2COC[C@H]1CN(c1nc(CO)nc3ccccc13)C2. The van der Waals surface area contributed by atoms with E-state index in [2.05, 4.69) is 20.2 Å². The minimum atomic E-state index is -0.214. The van der Waals surface area contributed by atoms with Crippen LogP contribution in [0.4, 0.5) is 5.82 Å². The number of nitrogens with one attached hydrogen (secondary N) is 1. The standard InChI is InChI=1S/C16H18N4O3/c21-7-14-18-13-4-2-1-3-12(13)15(19-14)20-5-10-8-23-9-11(6-20)17-16(10)22/h1-4,10-11,21H,5-9H2,(H,17,22)/t10-,11+/m1/s1. The number of fused-ring (bicyclic) bond motifs is 4. The fourth-order valence-corrected chi connectivity index (χ4v) is 3.22. The number of nitrogens with zero attached hydrogens (tertiary/aromatic N) is 3. The van der Waals surface area contributed by atoms with E-state index in [9.17, 15) is 9.90 Å². The topological polar surface area (TPSA) is 87.6 Å². The predicted molar refractivity (Wildman–Crippen MR) is 83.9 cm³/mol. The van der Waals surface area contributed by atoms with Crippen LogP contribution in [0.1, 0.15) is 5.82 Å². The fraction of sp³-hybridized carbons (Fsp3) is 0.438. The quantitative estimate of drug-likeness (QED) is 0.816. The van der Waals surface area contributed by atoms with Gasteiger partial charge in [-0.1, -0.05) is 12.1 Å². The van der Waals surface area contributed by atoms with Crippen LogP contribution in [0.3, 0.4) is 0 Å². The maximum absolute atomic E-state index is 12.2. The number of ether oxygens (including phenoxy) is 1. The number of aromatic nitrogens is 2. The van der Waals surface area contributed by atoms with Crippen LogP contribution in [0.5, 0.6) is 0 Å². The van der Waals surface area contributed by atoms with Crippen LogP contribution < -0.4 is 10.2 Å². The Morgan fingerprint density at radius 3 is 3.00 bits per heavy atom. The molecule has 2 bridgehead atoms. The number of hydrogen-bond acceptors (Lipinski definition) is 6. The third-order valence-electron chi connectivity index (χ3n) is 4.31. The van der Waals surface area contributed by atoms with Gasteiger partial charge in [-0.3, -0.25) is 4.79 Å². The minimum Gasteiger partial charge on any atom is -0.388 e. The zero-order chi connectivity index (χ0) is 15.8. The number of carbonyl (C=O) groups excluding carboxylic acids is 1. The average Bonchev–Trinajstić information content (AvgIpc) is 2.82. The maximum Gasteiger partial charge on any atom is 0.227 e. The molecule has 7 nitrogen and oxygen atoms in total. The second-order valence-electron chi connectivity index (χ2n) is 5.98. The van der Waals surface area contributed by atoms with Crippen molar-refractivity contribution >= 4 is 22.6 Å². The predicted octanol–water partition coefficient (Wildman–Crippen LogP) is 0.0733. The normalized spacial score (nSPS) is 24.4. The van der Waals surface area contributed by atoms with Crippen LogP contribution in [0.25, 0.3) is 10.9 Å². The molecule has 2 saturated heterocycles. The molecule has 1 amide bonds. The van der Waals surface area contributed by atoms with Crippen molar-refractivity contribution in [3.63, 3.8) is 0 Å². The van der Waals surface area contributed by atoms with E-state index < -0.39 is 0 Å². The monoisotopic (exact) mass is 314 g/mol. The van der Waals surface area contributed by atoms with Gasteiger partial charge in [-0.05, 0) is 12.1 Å². The highest BCUT2D eigenvalue weighted by Crippen LogP contribution is 2.27. The van der Waals surface area contributed by atoms with Crippen LogP contribution in [0.15, 0.2) is 24.3 Å². The van der Waals surface area contributed by atoms with E-state index in [4.69, 9.17) is 4.74 Å². The van der Waals surface area contributed by atoms with Crippen molar-refractivity contribution in [2.75, 3.05) is 31.2 Å². The summed E-state index contributed by atoms with van der Waals surface area (Å²) in [5.74, 6) is 0.987. The highest BCUT2D eigenvalue weighted by Gasteiger charge is 2.34. The summed E-state index contributed by atoms with van der Waals surface area (Å²) in [7, 11) is 0. The first-order valence-corrected chi connectivity index (χ1v) is 7.74. The lowest BCUT2D eigenvalue weighted by Crippen LogP contribution is -2.42. The Bertz CT molecular complexity index is 751. The van der Waals surface area contributed by atoms with E-state index in [-0.39, 0.29) is 24.5 Å². The van der Waals surface area contributed by atoms with Gasteiger partial charge in [-0.15, -0.1) is 0 Å². The van der Waals surface area contributed by atoms with Gasteiger partial charge in [-0.25, -0.2) is 9.97 Å². The highest BCUT2D eigenvalue weighted by molar-refractivity contribution is 5.90. The van der Waals surface area contributed by atoms with Crippen molar-refractivity contribution < 1.29 is 14.6 Å². The fourth-order valence-electron chi connectivity index (χ4n) is 3.22. The van der Waals surface area contributed by atoms with Gasteiger partial charge in [0.15, 0.2) is 5.82 Å². The van der Waals surface area contributed by atoms with Crippen LogP contribution in [-0.4, -0.2) is 53.3 Å². The first-order chi connectivity index (χ1) is 11.2. The summed E-state index contributed by atoms with van der Waals surface area (Å²) < 4.78 is 5.57. The molecular weight excluding hydrogens is 296 g/mol. The lowest BCUT2D eigenvalue weighted by molar-refractivity contribution is -0.124. The molecule has 120 valence electrons. The molecule has 2 fully saturated rings. The molecule has 2 aliphatic heterocycles. The average molecular weight is 314 g/mol. The van der Waals surface area contributed by atoms with E-state index in [1.165, 1.54) is 0 Å². The first kappa shape index (κ1) is 14.3. The molecule has 2 N–H and O–H groups in total. The number of rotatable bonds is 2. The Morgan fingerprint density at radius 1 is 1.26 bits per heavy atom. The van der Waals surface area contributed by atoms with E-state index in [1.54, 1.807) is 0 Å².